The van der Waals surface area contributed by atoms with E-state index in [4.69, 9.17) is 16.0 Å². The normalized spacial score (nSPS) is 10.4. The van der Waals surface area contributed by atoms with Crippen LogP contribution in [0.3, 0.4) is 0 Å². The molecule has 2 aromatic heterocycles. The summed E-state index contributed by atoms with van der Waals surface area (Å²) < 4.78 is 5.23. The number of hydrogen-bond donors (Lipinski definition) is 0. The summed E-state index contributed by atoms with van der Waals surface area (Å²) >= 11 is 7.26. The average molecular weight is 229 g/mol. The largest absolute Gasteiger partial charge is 0.467 e. The van der Waals surface area contributed by atoms with Crippen LogP contribution >= 0.6 is 22.9 Å². The maximum absolute atomic E-state index is 5.74. The number of thiazole rings is 1. The lowest BCUT2D eigenvalue weighted by molar-refractivity contribution is 0.507. The highest BCUT2D eigenvalue weighted by atomic mass is 35.5. The van der Waals surface area contributed by atoms with Crippen LogP contribution in [0.1, 0.15) is 5.76 Å². The van der Waals surface area contributed by atoms with Gasteiger partial charge in [-0.2, -0.15) is 0 Å². The second-order valence-electron chi connectivity index (χ2n) is 2.89. The highest BCUT2D eigenvalue weighted by Gasteiger charge is 2.07. The number of nitrogens with zero attached hydrogens (tertiary/aromatic N) is 2. The van der Waals surface area contributed by atoms with Crippen LogP contribution in [-0.4, -0.2) is 12.0 Å². The van der Waals surface area contributed by atoms with E-state index in [9.17, 15) is 0 Å². The van der Waals surface area contributed by atoms with Gasteiger partial charge in [0.25, 0.3) is 0 Å². The smallest absolute Gasteiger partial charge is 0.186 e. The lowest BCUT2D eigenvalue weighted by Crippen LogP contribution is -2.15. The second kappa shape index (κ2) is 4.02. The molecule has 0 amide bonds. The predicted octanol–water partition coefficient (Wildman–Crippen LogP) is 3.03. The molecule has 0 aliphatic carbocycles. The Morgan fingerprint density at radius 3 is 3.07 bits per heavy atom. The first kappa shape index (κ1) is 9.55. The van der Waals surface area contributed by atoms with Crippen LogP contribution in [0.4, 0.5) is 5.13 Å². The SMILES string of the molecule is CN(Cc1ccco1)c1nc(Cl)cs1. The predicted molar refractivity (Wildman–Crippen MR) is 57.9 cm³/mol. The zero-order valence-corrected chi connectivity index (χ0v) is 9.18. The van der Waals surface area contributed by atoms with E-state index in [0.29, 0.717) is 11.7 Å². The molecular weight excluding hydrogens is 220 g/mol. The minimum atomic E-state index is 0.538. The summed E-state index contributed by atoms with van der Waals surface area (Å²) in [6.07, 6.45) is 1.66. The molecule has 0 aliphatic rings. The number of anilines is 1. The third-order valence-electron chi connectivity index (χ3n) is 1.76. The van der Waals surface area contributed by atoms with E-state index in [0.717, 1.165) is 10.9 Å². The molecule has 0 fully saturated rings. The molecule has 3 nitrogen and oxygen atoms in total. The highest BCUT2D eigenvalue weighted by Crippen LogP contribution is 2.23. The van der Waals surface area contributed by atoms with Gasteiger partial charge in [0.05, 0.1) is 12.8 Å². The van der Waals surface area contributed by atoms with Crippen molar-refractivity contribution in [1.82, 2.24) is 4.98 Å². The van der Waals surface area contributed by atoms with Gasteiger partial charge in [0.2, 0.25) is 0 Å². The first-order valence-corrected chi connectivity index (χ1v) is 5.36. The summed E-state index contributed by atoms with van der Waals surface area (Å²) in [5, 5.41) is 3.25. The van der Waals surface area contributed by atoms with Crippen molar-refractivity contribution in [1.29, 1.82) is 0 Å². The highest BCUT2D eigenvalue weighted by molar-refractivity contribution is 7.14. The van der Waals surface area contributed by atoms with Crippen molar-refractivity contribution >= 4 is 28.1 Å². The Bertz CT molecular complexity index is 399. The van der Waals surface area contributed by atoms with Crippen LogP contribution in [0.2, 0.25) is 5.15 Å². The quantitative estimate of drug-likeness (QED) is 0.809. The molecule has 74 valence electrons. The van der Waals surface area contributed by atoms with Gasteiger partial charge in [0.15, 0.2) is 5.13 Å². The molecule has 0 saturated carbocycles. The molecule has 0 atom stereocenters. The molecule has 0 saturated heterocycles. The Morgan fingerprint density at radius 1 is 1.64 bits per heavy atom. The van der Waals surface area contributed by atoms with Crippen LogP contribution in [-0.2, 0) is 6.54 Å². The number of rotatable bonds is 3. The zero-order valence-electron chi connectivity index (χ0n) is 7.61. The van der Waals surface area contributed by atoms with Crippen molar-refractivity contribution in [2.24, 2.45) is 0 Å². The van der Waals surface area contributed by atoms with Gasteiger partial charge in [-0.25, -0.2) is 4.98 Å². The number of aromatic nitrogens is 1. The molecule has 0 aromatic carbocycles. The molecule has 14 heavy (non-hydrogen) atoms. The van der Waals surface area contributed by atoms with Gasteiger partial charge in [-0.1, -0.05) is 11.6 Å². The zero-order chi connectivity index (χ0) is 9.97. The first-order chi connectivity index (χ1) is 6.75. The molecular formula is C9H9ClN2OS. The Morgan fingerprint density at radius 2 is 2.50 bits per heavy atom. The number of halogens is 1. The van der Waals surface area contributed by atoms with Crippen LogP contribution < -0.4 is 4.90 Å². The van der Waals surface area contributed by atoms with Crippen molar-refractivity contribution in [3.05, 3.63) is 34.7 Å². The van der Waals surface area contributed by atoms with E-state index in [1.807, 2.05) is 29.5 Å². The Balaban J connectivity index is 2.06. The van der Waals surface area contributed by atoms with Crippen molar-refractivity contribution in [2.45, 2.75) is 6.54 Å². The molecule has 0 bridgehead atoms. The Labute approximate surface area is 90.9 Å². The fraction of sp³-hybridized carbons (Fsp3) is 0.222. The molecule has 0 aliphatic heterocycles. The van der Waals surface area contributed by atoms with Gasteiger partial charge in [0.1, 0.15) is 10.9 Å². The van der Waals surface area contributed by atoms with Gasteiger partial charge in [0, 0.05) is 12.4 Å². The summed E-state index contributed by atoms with van der Waals surface area (Å²) in [6, 6.07) is 3.81. The standard InChI is InChI=1S/C9H9ClN2OS/c1-12(5-7-3-2-4-13-7)9-11-8(10)6-14-9/h2-4,6H,5H2,1H3. The lowest BCUT2D eigenvalue weighted by Gasteiger charge is -2.13. The molecule has 5 heteroatoms. The summed E-state index contributed by atoms with van der Waals surface area (Å²) in [7, 11) is 1.96. The topological polar surface area (TPSA) is 29.3 Å². The van der Waals surface area contributed by atoms with Crippen LogP contribution in [0, 0.1) is 0 Å². The molecule has 2 rings (SSSR count). The molecule has 2 aromatic rings. The van der Waals surface area contributed by atoms with Crippen molar-refractivity contribution < 1.29 is 4.42 Å². The molecule has 0 N–H and O–H groups in total. The molecule has 0 radical (unpaired) electrons. The minimum absolute atomic E-state index is 0.538. The van der Waals surface area contributed by atoms with Gasteiger partial charge in [-0.05, 0) is 12.1 Å². The van der Waals surface area contributed by atoms with Crippen LogP contribution in [0.25, 0.3) is 0 Å². The van der Waals surface area contributed by atoms with Crippen LogP contribution in [0.15, 0.2) is 28.2 Å². The van der Waals surface area contributed by atoms with Crippen molar-refractivity contribution in [3.8, 4) is 0 Å². The maximum atomic E-state index is 5.74. The Hall–Kier alpha value is -1.00. The third-order valence-corrected chi connectivity index (χ3v) is 3.04. The Kier molecular flexibility index (Phi) is 2.74. The van der Waals surface area contributed by atoms with Gasteiger partial charge in [-0.3, -0.25) is 0 Å². The van der Waals surface area contributed by atoms with Crippen LogP contribution in [0.5, 0.6) is 0 Å². The van der Waals surface area contributed by atoms with Crippen molar-refractivity contribution in [2.75, 3.05) is 11.9 Å². The van der Waals surface area contributed by atoms with Gasteiger partial charge in [-0.15, -0.1) is 11.3 Å². The van der Waals surface area contributed by atoms with E-state index in [-0.39, 0.29) is 0 Å². The number of hydrogen-bond acceptors (Lipinski definition) is 4. The van der Waals surface area contributed by atoms with E-state index < -0.39 is 0 Å². The molecule has 0 spiro atoms. The molecule has 0 unspecified atom stereocenters. The number of furan rings is 1. The van der Waals surface area contributed by atoms with Gasteiger partial charge < -0.3 is 9.32 Å². The third kappa shape index (κ3) is 2.08. The second-order valence-corrected chi connectivity index (χ2v) is 4.11. The lowest BCUT2D eigenvalue weighted by atomic mass is 10.4. The van der Waals surface area contributed by atoms with E-state index in [1.165, 1.54) is 11.3 Å². The molecule has 2 heterocycles. The van der Waals surface area contributed by atoms with E-state index in [2.05, 4.69) is 4.98 Å². The summed E-state index contributed by atoms with van der Waals surface area (Å²) in [5.41, 5.74) is 0. The average Bonchev–Trinajstić information content (AvgIpc) is 2.75. The summed E-state index contributed by atoms with van der Waals surface area (Å²) in [4.78, 5) is 6.15. The first-order valence-electron chi connectivity index (χ1n) is 4.10. The van der Waals surface area contributed by atoms with E-state index in [1.54, 1.807) is 6.26 Å². The van der Waals surface area contributed by atoms with E-state index >= 15 is 0 Å². The summed E-state index contributed by atoms with van der Waals surface area (Å²) in [5.74, 6) is 0.916. The van der Waals surface area contributed by atoms with Gasteiger partial charge >= 0.3 is 0 Å². The fourth-order valence-electron chi connectivity index (χ4n) is 1.12. The maximum Gasteiger partial charge on any atom is 0.186 e. The minimum Gasteiger partial charge on any atom is -0.467 e. The monoisotopic (exact) mass is 228 g/mol. The van der Waals surface area contributed by atoms with Crippen molar-refractivity contribution in [3.63, 3.8) is 0 Å². The summed E-state index contributed by atoms with van der Waals surface area (Å²) in [6.45, 7) is 0.705. The fourth-order valence-corrected chi connectivity index (χ4v) is 2.04.